The lowest BCUT2D eigenvalue weighted by Crippen LogP contribution is -2.51. The van der Waals surface area contributed by atoms with Crippen LogP contribution in [0.25, 0.3) is 0 Å². The third-order valence-corrected chi connectivity index (χ3v) is 3.24. The first-order valence-electron chi connectivity index (χ1n) is 6.76. The van der Waals surface area contributed by atoms with Crippen LogP contribution in [-0.2, 0) is 14.4 Å². The number of hydrogen-bond acceptors (Lipinski definition) is 4. The van der Waals surface area contributed by atoms with Crippen molar-refractivity contribution in [3.8, 4) is 0 Å². The van der Waals surface area contributed by atoms with Crippen molar-refractivity contribution in [3.05, 3.63) is 0 Å². The minimum Gasteiger partial charge on any atom is -0.480 e. The molecule has 0 aromatic heterocycles. The van der Waals surface area contributed by atoms with Crippen LogP contribution in [0.1, 0.15) is 34.1 Å². The Hall–Kier alpha value is -1.63. The largest absolute Gasteiger partial charge is 0.480 e. The lowest BCUT2D eigenvalue weighted by Gasteiger charge is -2.20. The Morgan fingerprint density at radius 2 is 1.75 bits per heavy atom. The van der Waals surface area contributed by atoms with Gasteiger partial charge in [-0.1, -0.05) is 34.1 Å². The summed E-state index contributed by atoms with van der Waals surface area (Å²) in [7, 11) is 0. The second-order valence-electron chi connectivity index (χ2n) is 5.26. The molecule has 0 heterocycles. The predicted molar refractivity (Wildman–Crippen MR) is 74.8 cm³/mol. The molecule has 0 aliphatic carbocycles. The van der Waals surface area contributed by atoms with Crippen molar-refractivity contribution in [1.82, 2.24) is 10.6 Å². The van der Waals surface area contributed by atoms with Crippen LogP contribution < -0.4 is 16.4 Å². The fourth-order valence-corrected chi connectivity index (χ4v) is 1.50. The minimum atomic E-state index is -1.09. The molecule has 2 amide bonds. The molecule has 5 N–H and O–H groups in total. The third kappa shape index (κ3) is 6.01. The topological polar surface area (TPSA) is 122 Å². The van der Waals surface area contributed by atoms with Gasteiger partial charge in [-0.05, 0) is 11.8 Å². The zero-order valence-electron chi connectivity index (χ0n) is 12.5. The van der Waals surface area contributed by atoms with Crippen molar-refractivity contribution < 1.29 is 19.5 Å². The summed E-state index contributed by atoms with van der Waals surface area (Å²) in [5.74, 6) is -2.28. The maximum atomic E-state index is 11.6. The van der Waals surface area contributed by atoms with Crippen molar-refractivity contribution in [2.24, 2.45) is 17.6 Å². The molecule has 0 saturated carbocycles. The van der Waals surface area contributed by atoms with E-state index in [-0.39, 0.29) is 18.4 Å². The minimum absolute atomic E-state index is 0.0371. The van der Waals surface area contributed by atoms with Crippen LogP contribution in [0, 0.1) is 11.8 Å². The first-order valence-corrected chi connectivity index (χ1v) is 6.76. The highest BCUT2D eigenvalue weighted by atomic mass is 16.4. The van der Waals surface area contributed by atoms with Crippen LogP contribution in [0.15, 0.2) is 0 Å². The molecule has 0 bridgehead atoms. The van der Waals surface area contributed by atoms with Crippen LogP contribution in [0.2, 0.25) is 0 Å². The lowest BCUT2D eigenvalue weighted by atomic mass is 9.99. The molecule has 3 atom stereocenters. The number of nitrogens with one attached hydrogen (secondary N) is 2. The van der Waals surface area contributed by atoms with E-state index in [9.17, 15) is 14.4 Å². The quantitative estimate of drug-likeness (QED) is 0.488. The highest BCUT2D eigenvalue weighted by Crippen LogP contribution is 2.07. The molecule has 20 heavy (non-hydrogen) atoms. The SMILES string of the molecule is CC[C@H](C)[C@H](NC(=O)CNC(=O)[C@@H](N)C(C)C)C(=O)O. The number of hydrogen-bond donors (Lipinski definition) is 4. The summed E-state index contributed by atoms with van der Waals surface area (Å²) < 4.78 is 0. The maximum Gasteiger partial charge on any atom is 0.326 e. The van der Waals surface area contributed by atoms with E-state index >= 15 is 0 Å². The fraction of sp³-hybridized carbons (Fsp3) is 0.769. The zero-order valence-corrected chi connectivity index (χ0v) is 12.5. The van der Waals surface area contributed by atoms with Gasteiger partial charge in [0.05, 0.1) is 12.6 Å². The standard InChI is InChI=1S/C13H25N3O4/c1-5-8(4)11(13(19)20)16-9(17)6-15-12(18)10(14)7(2)3/h7-8,10-11H,5-6,14H2,1-4H3,(H,15,18)(H,16,17)(H,19,20)/t8-,10-,11-/m0/s1. The molecule has 0 rings (SSSR count). The van der Waals surface area contributed by atoms with Crippen molar-refractivity contribution >= 4 is 17.8 Å². The first kappa shape index (κ1) is 18.4. The normalized spacial score (nSPS) is 15.3. The molecular formula is C13H25N3O4. The Morgan fingerprint density at radius 1 is 1.20 bits per heavy atom. The number of carboxylic acids is 1. The maximum absolute atomic E-state index is 11.6. The molecule has 0 aromatic rings. The molecule has 0 aliphatic heterocycles. The van der Waals surface area contributed by atoms with Crippen molar-refractivity contribution in [1.29, 1.82) is 0 Å². The average Bonchev–Trinajstić information content (AvgIpc) is 2.39. The number of amides is 2. The average molecular weight is 287 g/mol. The summed E-state index contributed by atoms with van der Waals surface area (Å²) in [4.78, 5) is 34.3. The molecule has 0 unspecified atom stereocenters. The van der Waals surface area contributed by atoms with E-state index in [1.54, 1.807) is 20.8 Å². The molecule has 0 spiro atoms. The van der Waals surface area contributed by atoms with Gasteiger partial charge in [0.2, 0.25) is 11.8 Å². The van der Waals surface area contributed by atoms with Gasteiger partial charge in [-0.15, -0.1) is 0 Å². The Kier molecular flexibility index (Phi) is 7.83. The number of carboxylic acid groups (broad SMARTS) is 1. The van der Waals surface area contributed by atoms with Gasteiger partial charge in [0, 0.05) is 0 Å². The summed E-state index contributed by atoms with van der Waals surface area (Å²) in [6, 6.07) is -1.64. The van der Waals surface area contributed by atoms with Crippen molar-refractivity contribution in [2.45, 2.75) is 46.2 Å². The molecule has 0 aliphatic rings. The van der Waals surface area contributed by atoms with Crippen LogP contribution in [0.3, 0.4) is 0 Å². The van der Waals surface area contributed by atoms with E-state index in [0.29, 0.717) is 6.42 Å². The van der Waals surface area contributed by atoms with Gasteiger partial charge in [0.15, 0.2) is 0 Å². The molecule has 7 heteroatoms. The molecule has 0 fully saturated rings. The molecule has 0 radical (unpaired) electrons. The number of carbonyl (C=O) groups excluding carboxylic acids is 2. The zero-order chi connectivity index (χ0) is 15.9. The molecule has 7 nitrogen and oxygen atoms in total. The summed E-state index contributed by atoms with van der Waals surface area (Å²) in [5, 5.41) is 13.8. The van der Waals surface area contributed by atoms with Crippen LogP contribution in [-0.4, -0.2) is 41.5 Å². The Balaban J connectivity index is 4.35. The molecular weight excluding hydrogens is 262 g/mol. The number of carbonyl (C=O) groups is 3. The third-order valence-electron chi connectivity index (χ3n) is 3.24. The fourth-order valence-electron chi connectivity index (χ4n) is 1.50. The smallest absolute Gasteiger partial charge is 0.326 e. The Morgan fingerprint density at radius 3 is 2.15 bits per heavy atom. The van der Waals surface area contributed by atoms with Gasteiger partial charge in [-0.3, -0.25) is 9.59 Å². The summed E-state index contributed by atoms with van der Waals surface area (Å²) in [6.07, 6.45) is 0.627. The number of nitrogens with two attached hydrogens (primary N) is 1. The highest BCUT2D eigenvalue weighted by molar-refractivity contribution is 5.89. The van der Waals surface area contributed by atoms with Crippen molar-refractivity contribution in [3.63, 3.8) is 0 Å². The van der Waals surface area contributed by atoms with Crippen molar-refractivity contribution in [2.75, 3.05) is 6.54 Å². The first-order chi connectivity index (χ1) is 9.20. The predicted octanol–water partition coefficient (Wildman–Crippen LogP) is -0.299. The molecule has 116 valence electrons. The van der Waals surface area contributed by atoms with E-state index in [2.05, 4.69) is 10.6 Å². The highest BCUT2D eigenvalue weighted by Gasteiger charge is 2.25. The van der Waals surface area contributed by atoms with E-state index in [0.717, 1.165) is 0 Å². The lowest BCUT2D eigenvalue weighted by molar-refractivity contribution is -0.143. The van der Waals surface area contributed by atoms with E-state index in [4.69, 9.17) is 10.8 Å². The second-order valence-corrected chi connectivity index (χ2v) is 5.26. The summed E-state index contributed by atoms with van der Waals surface area (Å²) in [5.41, 5.74) is 5.63. The Bertz CT molecular complexity index is 358. The van der Waals surface area contributed by atoms with E-state index < -0.39 is 29.9 Å². The van der Waals surface area contributed by atoms with Gasteiger partial charge < -0.3 is 21.5 Å². The Labute approximate surface area is 119 Å². The van der Waals surface area contributed by atoms with Gasteiger partial charge in [0.25, 0.3) is 0 Å². The summed E-state index contributed by atoms with van der Waals surface area (Å²) >= 11 is 0. The van der Waals surface area contributed by atoms with Gasteiger partial charge in [-0.25, -0.2) is 4.79 Å². The van der Waals surface area contributed by atoms with E-state index in [1.807, 2.05) is 6.92 Å². The number of aliphatic carboxylic acids is 1. The van der Waals surface area contributed by atoms with E-state index in [1.165, 1.54) is 0 Å². The monoisotopic (exact) mass is 287 g/mol. The second kappa shape index (κ2) is 8.52. The van der Waals surface area contributed by atoms with Gasteiger partial charge in [-0.2, -0.15) is 0 Å². The number of rotatable bonds is 8. The molecule has 0 saturated heterocycles. The van der Waals surface area contributed by atoms with Crippen LogP contribution >= 0.6 is 0 Å². The van der Waals surface area contributed by atoms with Gasteiger partial charge in [0.1, 0.15) is 6.04 Å². The van der Waals surface area contributed by atoms with Crippen LogP contribution in [0.5, 0.6) is 0 Å². The molecule has 0 aromatic carbocycles. The summed E-state index contributed by atoms with van der Waals surface area (Å²) in [6.45, 7) is 6.91. The van der Waals surface area contributed by atoms with Crippen LogP contribution in [0.4, 0.5) is 0 Å². The van der Waals surface area contributed by atoms with Gasteiger partial charge >= 0.3 is 5.97 Å².